The number of hydrogen-bond donors (Lipinski definition) is 1. The summed E-state index contributed by atoms with van der Waals surface area (Å²) in [7, 11) is -1.51. The number of nitrogens with one attached hydrogen (secondary N) is 1. The lowest BCUT2D eigenvalue weighted by atomic mass is 10.0. The molecular weight excluding hydrogens is 678 g/mol. The lowest BCUT2D eigenvalue weighted by Gasteiger charge is -2.34. The predicted molar refractivity (Wildman–Crippen MR) is 196 cm³/mol. The van der Waals surface area contributed by atoms with Crippen LogP contribution >= 0.6 is 11.6 Å². The lowest BCUT2D eigenvalue weighted by Crippen LogP contribution is -2.53. The first kappa shape index (κ1) is 38.1. The van der Waals surface area contributed by atoms with Gasteiger partial charge in [-0.25, -0.2) is 8.42 Å². The fourth-order valence-electron chi connectivity index (χ4n) is 5.40. The average Bonchev–Trinajstić information content (AvgIpc) is 3.12. The van der Waals surface area contributed by atoms with E-state index in [9.17, 15) is 18.0 Å². The Labute approximate surface area is 300 Å². The van der Waals surface area contributed by atoms with Gasteiger partial charge in [-0.3, -0.25) is 13.9 Å². The Morgan fingerprint density at radius 3 is 2.18 bits per heavy atom. The van der Waals surface area contributed by atoms with Crippen molar-refractivity contribution in [2.45, 2.75) is 50.6 Å². The van der Waals surface area contributed by atoms with E-state index in [1.807, 2.05) is 50.2 Å². The fraction of sp³-hybridized carbons (Fsp3) is 0.316. The van der Waals surface area contributed by atoms with E-state index in [2.05, 4.69) is 5.32 Å². The van der Waals surface area contributed by atoms with E-state index in [0.717, 1.165) is 22.7 Å². The number of amides is 2. The molecule has 4 rings (SSSR count). The average molecular weight is 722 g/mol. The minimum Gasteiger partial charge on any atom is -0.494 e. The van der Waals surface area contributed by atoms with E-state index in [0.29, 0.717) is 35.2 Å². The third kappa shape index (κ3) is 9.92. The van der Waals surface area contributed by atoms with E-state index in [4.69, 9.17) is 25.8 Å². The zero-order valence-corrected chi connectivity index (χ0v) is 30.4. The van der Waals surface area contributed by atoms with Crippen LogP contribution in [0, 0.1) is 0 Å². The van der Waals surface area contributed by atoms with Crippen molar-refractivity contribution in [3.8, 4) is 17.2 Å². The molecule has 0 saturated carbocycles. The molecule has 4 aromatic rings. The molecule has 10 nitrogen and oxygen atoms in total. The van der Waals surface area contributed by atoms with Crippen LogP contribution in [0.15, 0.2) is 102 Å². The second-order valence-corrected chi connectivity index (χ2v) is 13.8. The van der Waals surface area contributed by atoms with Gasteiger partial charge in [0.2, 0.25) is 11.8 Å². The van der Waals surface area contributed by atoms with E-state index in [1.54, 1.807) is 42.5 Å². The van der Waals surface area contributed by atoms with Crippen molar-refractivity contribution in [3.05, 3.63) is 113 Å². The number of hydrogen-bond acceptors (Lipinski definition) is 7. The molecule has 12 heteroatoms. The topological polar surface area (TPSA) is 114 Å². The number of rotatable bonds is 18. The largest absolute Gasteiger partial charge is 0.494 e. The molecule has 50 heavy (non-hydrogen) atoms. The minimum absolute atomic E-state index is 0.00557. The number of carbonyl (C=O) groups excluding carboxylic acids is 2. The third-order valence-corrected chi connectivity index (χ3v) is 10.0. The molecule has 1 unspecified atom stereocenters. The molecular formula is C38H44ClN3O7S. The van der Waals surface area contributed by atoms with Crippen molar-refractivity contribution in [1.29, 1.82) is 0 Å². The van der Waals surface area contributed by atoms with Crippen LogP contribution in [0.3, 0.4) is 0 Å². The van der Waals surface area contributed by atoms with Gasteiger partial charge in [0.15, 0.2) is 11.5 Å². The van der Waals surface area contributed by atoms with Gasteiger partial charge in [-0.2, -0.15) is 0 Å². The molecule has 0 bridgehead atoms. The molecule has 0 aliphatic rings. The summed E-state index contributed by atoms with van der Waals surface area (Å²) >= 11 is 6.34. The Balaban J connectivity index is 1.82. The molecule has 0 aliphatic carbocycles. The Morgan fingerprint density at radius 1 is 0.840 bits per heavy atom. The van der Waals surface area contributed by atoms with Crippen LogP contribution in [0.1, 0.15) is 37.8 Å². The van der Waals surface area contributed by atoms with Crippen molar-refractivity contribution in [3.63, 3.8) is 0 Å². The SMILES string of the molecule is CCCCNC(=O)C(Cc1ccccc1)N(Cc1cccc(Cl)c1)C(=O)CN(c1ccc(OCC)cc1)S(=O)(=O)c1ccc(OC)c(OC)c1. The summed E-state index contributed by atoms with van der Waals surface area (Å²) in [6.07, 6.45) is 1.84. The van der Waals surface area contributed by atoms with E-state index in [-0.39, 0.29) is 35.2 Å². The molecule has 0 spiro atoms. The van der Waals surface area contributed by atoms with Crippen molar-refractivity contribution in [2.24, 2.45) is 0 Å². The van der Waals surface area contributed by atoms with Crippen molar-refractivity contribution < 1.29 is 32.2 Å². The van der Waals surface area contributed by atoms with Crippen LogP contribution in [0.2, 0.25) is 5.02 Å². The molecule has 2 amide bonds. The fourth-order valence-corrected chi connectivity index (χ4v) is 7.04. The highest BCUT2D eigenvalue weighted by Crippen LogP contribution is 2.33. The normalized spacial score (nSPS) is 11.7. The molecule has 0 aromatic heterocycles. The van der Waals surface area contributed by atoms with Crippen LogP contribution in [0.5, 0.6) is 17.2 Å². The van der Waals surface area contributed by atoms with Crippen molar-refractivity contribution >= 4 is 39.1 Å². The summed E-state index contributed by atoms with van der Waals surface area (Å²) in [5.74, 6) is 0.171. The Kier molecular flexibility index (Phi) is 13.9. The molecule has 1 N–H and O–H groups in total. The van der Waals surface area contributed by atoms with Gasteiger partial charge in [0.05, 0.1) is 31.4 Å². The number of sulfonamides is 1. The summed E-state index contributed by atoms with van der Waals surface area (Å²) in [5.41, 5.74) is 1.75. The van der Waals surface area contributed by atoms with Gasteiger partial charge in [0.1, 0.15) is 18.3 Å². The summed E-state index contributed by atoms with van der Waals surface area (Å²) < 4.78 is 46.3. The molecule has 0 radical (unpaired) electrons. The minimum atomic E-state index is -4.38. The van der Waals surface area contributed by atoms with E-state index in [1.165, 1.54) is 37.3 Å². The second kappa shape index (κ2) is 18.3. The number of benzene rings is 4. The molecule has 4 aromatic carbocycles. The standard InChI is InChI=1S/C38H44ClN3O7S/c1-5-7-22-40-38(44)34(24-28-12-9-8-10-13-28)41(26-29-14-11-15-30(39)23-29)37(43)27-42(31-16-18-32(19-17-31)49-6-2)50(45,46)33-20-21-35(47-3)36(25-33)48-4/h8-21,23,25,34H,5-7,22,24,26-27H2,1-4H3,(H,40,44). The highest BCUT2D eigenvalue weighted by atomic mass is 35.5. The number of methoxy groups -OCH3 is 2. The first-order valence-electron chi connectivity index (χ1n) is 16.4. The molecule has 0 heterocycles. The number of anilines is 1. The van der Waals surface area contributed by atoms with Gasteiger partial charge in [0, 0.05) is 30.6 Å². The summed E-state index contributed by atoms with van der Waals surface area (Å²) in [6, 6.07) is 26.1. The third-order valence-electron chi connectivity index (χ3n) is 8.00. The van der Waals surface area contributed by atoms with Crippen molar-refractivity contribution in [2.75, 3.05) is 38.2 Å². The van der Waals surface area contributed by atoms with Crippen molar-refractivity contribution in [1.82, 2.24) is 10.2 Å². The summed E-state index contributed by atoms with van der Waals surface area (Å²) in [5, 5.41) is 3.46. The monoisotopic (exact) mass is 721 g/mol. The lowest BCUT2D eigenvalue weighted by molar-refractivity contribution is -0.140. The Hall–Kier alpha value is -4.74. The first-order valence-corrected chi connectivity index (χ1v) is 18.3. The maximum atomic E-state index is 14.7. The van der Waals surface area contributed by atoms with Crippen LogP contribution < -0.4 is 23.8 Å². The molecule has 0 saturated heterocycles. The Bertz CT molecular complexity index is 1820. The van der Waals surface area contributed by atoms with Gasteiger partial charge in [-0.05, 0) is 73.0 Å². The molecule has 1 atom stereocenters. The Morgan fingerprint density at radius 2 is 1.54 bits per heavy atom. The molecule has 0 fully saturated rings. The zero-order valence-electron chi connectivity index (χ0n) is 28.8. The summed E-state index contributed by atoms with van der Waals surface area (Å²) in [6.45, 7) is 4.12. The number of ether oxygens (including phenoxy) is 3. The number of carbonyl (C=O) groups is 2. The van der Waals surface area contributed by atoms with Gasteiger partial charge >= 0.3 is 0 Å². The molecule has 266 valence electrons. The van der Waals surface area contributed by atoms with Gasteiger partial charge in [0.25, 0.3) is 10.0 Å². The van der Waals surface area contributed by atoms with Crippen LogP contribution in [0.25, 0.3) is 0 Å². The number of nitrogens with zero attached hydrogens (tertiary/aromatic N) is 2. The van der Waals surface area contributed by atoms with Crippen LogP contribution in [-0.2, 0) is 32.6 Å². The van der Waals surface area contributed by atoms with Gasteiger partial charge < -0.3 is 24.4 Å². The van der Waals surface area contributed by atoms with Gasteiger partial charge in [-0.1, -0.05) is 67.4 Å². The maximum Gasteiger partial charge on any atom is 0.264 e. The highest BCUT2D eigenvalue weighted by Gasteiger charge is 2.35. The summed E-state index contributed by atoms with van der Waals surface area (Å²) in [4.78, 5) is 29.9. The van der Waals surface area contributed by atoms with Crippen LogP contribution in [0.4, 0.5) is 5.69 Å². The van der Waals surface area contributed by atoms with E-state index >= 15 is 0 Å². The van der Waals surface area contributed by atoms with E-state index < -0.39 is 28.5 Å². The van der Waals surface area contributed by atoms with Gasteiger partial charge in [-0.15, -0.1) is 0 Å². The smallest absolute Gasteiger partial charge is 0.264 e. The maximum absolute atomic E-state index is 14.7. The number of unbranched alkanes of at least 4 members (excludes halogenated alkanes) is 1. The molecule has 0 aliphatic heterocycles. The predicted octanol–water partition coefficient (Wildman–Crippen LogP) is 6.51. The quantitative estimate of drug-likeness (QED) is 0.117. The highest BCUT2D eigenvalue weighted by molar-refractivity contribution is 7.92. The van der Waals surface area contributed by atoms with Crippen LogP contribution in [-0.4, -0.2) is 65.1 Å². The number of halogens is 1. The first-order chi connectivity index (χ1) is 24.1. The second-order valence-electron chi connectivity index (χ2n) is 11.5. The zero-order chi connectivity index (χ0) is 36.1.